The molecule has 0 nitrogen and oxygen atoms in total. The Hall–Kier alpha value is 0.660. The molecule has 1 heterocycles. The first-order valence-electron chi connectivity index (χ1n) is 5.53. The molecule has 0 amide bonds. The Balaban J connectivity index is 2.17. The Morgan fingerprint density at radius 3 is 2.47 bits per heavy atom. The molecular formula is C12H18Br2S. The van der Waals surface area contributed by atoms with E-state index in [0.717, 1.165) is 5.92 Å². The molecule has 0 aliphatic carbocycles. The van der Waals surface area contributed by atoms with Crippen LogP contribution in [0.5, 0.6) is 0 Å². The predicted octanol–water partition coefficient (Wildman–Crippen LogP) is 6.03. The van der Waals surface area contributed by atoms with Crippen LogP contribution >= 0.6 is 43.2 Å². The van der Waals surface area contributed by atoms with Gasteiger partial charge < -0.3 is 0 Å². The maximum Gasteiger partial charge on any atom is 0.0742 e. The highest BCUT2D eigenvalue weighted by Gasteiger charge is 2.04. The highest BCUT2D eigenvalue weighted by molar-refractivity contribution is 9.12. The Morgan fingerprint density at radius 2 is 1.93 bits per heavy atom. The highest BCUT2D eigenvalue weighted by atomic mass is 79.9. The molecule has 0 fully saturated rings. The third-order valence-electron chi connectivity index (χ3n) is 2.45. The number of thiophene rings is 1. The molecule has 0 bridgehead atoms. The van der Waals surface area contributed by atoms with Gasteiger partial charge in [0, 0.05) is 0 Å². The van der Waals surface area contributed by atoms with Crippen LogP contribution in [0.2, 0.25) is 0 Å². The molecular weight excluding hydrogens is 336 g/mol. The third-order valence-corrected chi connectivity index (χ3v) is 4.92. The van der Waals surface area contributed by atoms with Crippen molar-refractivity contribution in [3.63, 3.8) is 0 Å². The summed E-state index contributed by atoms with van der Waals surface area (Å²) in [5.41, 5.74) is 1.46. The molecule has 0 atom stereocenters. The van der Waals surface area contributed by atoms with Crippen molar-refractivity contribution in [3.05, 3.63) is 19.2 Å². The van der Waals surface area contributed by atoms with E-state index in [1.807, 2.05) is 0 Å². The van der Waals surface area contributed by atoms with Crippen molar-refractivity contribution >= 4 is 43.2 Å². The van der Waals surface area contributed by atoms with Gasteiger partial charge in [-0.3, -0.25) is 0 Å². The van der Waals surface area contributed by atoms with Crippen LogP contribution in [-0.2, 0) is 6.42 Å². The molecule has 1 aromatic rings. The molecule has 0 N–H and O–H groups in total. The smallest absolute Gasteiger partial charge is 0.0742 e. The zero-order chi connectivity index (χ0) is 11.3. The third kappa shape index (κ3) is 5.50. The van der Waals surface area contributed by atoms with E-state index in [4.69, 9.17) is 0 Å². The van der Waals surface area contributed by atoms with Crippen LogP contribution in [-0.4, -0.2) is 0 Å². The van der Waals surface area contributed by atoms with Gasteiger partial charge in [-0.05, 0) is 62.2 Å². The molecule has 0 aliphatic rings. The van der Waals surface area contributed by atoms with Crippen molar-refractivity contribution in [2.75, 3.05) is 0 Å². The van der Waals surface area contributed by atoms with Gasteiger partial charge in [-0.2, -0.15) is 0 Å². The van der Waals surface area contributed by atoms with Gasteiger partial charge in [0.05, 0.1) is 7.57 Å². The molecule has 15 heavy (non-hydrogen) atoms. The summed E-state index contributed by atoms with van der Waals surface area (Å²) < 4.78 is 2.52. The number of halogens is 2. The SMILES string of the molecule is CC(C)CCCCCc1cc(Br)sc1Br. The summed E-state index contributed by atoms with van der Waals surface area (Å²) in [6.45, 7) is 4.60. The average Bonchev–Trinajstić information content (AvgIpc) is 2.44. The lowest BCUT2D eigenvalue weighted by molar-refractivity contribution is 0.527. The second-order valence-electron chi connectivity index (χ2n) is 4.34. The Morgan fingerprint density at radius 1 is 1.20 bits per heavy atom. The first-order valence-corrected chi connectivity index (χ1v) is 7.93. The quantitative estimate of drug-likeness (QED) is 0.547. The number of rotatable bonds is 6. The maximum atomic E-state index is 3.60. The monoisotopic (exact) mass is 352 g/mol. The molecule has 0 unspecified atom stereocenters. The van der Waals surface area contributed by atoms with Crippen molar-refractivity contribution in [1.82, 2.24) is 0 Å². The second-order valence-corrected chi connectivity index (χ2v) is 8.09. The van der Waals surface area contributed by atoms with E-state index in [9.17, 15) is 0 Å². The maximum absolute atomic E-state index is 3.60. The van der Waals surface area contributed by atoms with Crippen molar-refractivity contribution in [2.45, 2.75) is 46.0 Å². The highest BCUT2D eigenvalue weighted by Crippen LogP contribution is 2.32. The summed E-state index contributed by atoms with van der Waals surface area (Å²) in [5.74, 6) is 0.854. The molecule has 0 aromatic carbocycles. The summed E-state index contributed by atoms with van der Waals surface area (Å²) in [7, 11) is 0. The van der Waals surface area contributed by atoms with E-state index in [1.165, 1.54) is 45.2 Å². The molecule has 0 aliphatic heterocycles. The summed E-state index contributed by atoms with van der Waals surface area (Å²) in [6, 6.07) is 2.23. The minimum atomic E-state index is 0.854. The second kappa shape index (κ2) is 7.08. The van der Waals surface area contributed by atoms with Crippen LogP contribution in [0.1, 0.15) is 45.1 Å². The van der Waals surface area contributed by atoms with Gasteiger partial charge in [-0.15, -0.1) is 11.3 Å². The summed E-state index contributed by atoms with van der Waals surface area (Å²) >= 11 is 8.88. The zero-order valence-corrected chi connectivity index (χ0v) is 13.3. The number of hydrogen-bond donors (Lipinski definition) is 0. The normalized spacial score (nSPS) is 11.3. The molecule has 0 radical (unpaired) electrons. The number of unbranched alkanes of at least 4 members (excludes halogenated alkanes) is 2. The van der Waals surface area contributed by atoms with Crippen LogP contribution in [0, 0.1) is 5.92 Å². The van der Waals surface area contributed by atoms with Gasteiger partial charge >= 0.3 is 0 Å². The van der Waals surface area contributed by atoms with E-state index in [2.05, 4.69) is 51.8 Å². The first kappa shape index (κ1) is 13.7. The standard InChI is InChI=1S/C12H18Br2S/c1-9(2)6-4-3-5-7-10-8-11(13)15-12(10)14/h8-9H,3-7H2,1-2H3. The van der Waals surface area contributed by atoms with Crippen molar-refractivity contribution < 1.29 is 0 Å². The minimum Gasteiger partial charge on any atom is -0.121 e. The number of hydrogen-bond acceptors (Lipinski definition) is 1. The Bertz CT molecular complexity index is 292. The van der Waals surface area contributed by atoms with E-state index >= 15 is 0 Å². The van der Waals surface area contributed by atoms with Crippen LogP contribution in [0.15, 0.2) is 13.6 Å². The minimum absolute atomic E-state index is 0.854. The van der Waals surface area contributed by atoms with E-state index in [-0.39, 0.29) is 0 Å². The van der Waals surface area contributed by atoms with Gasteiger partial charge in [0.2, 0.25) is 0 Å². The van der Waals surface area contributed by atoms with Gasteiger partial charge in [0.1, 0.15) is 0 Å². The molecule has 0 spiro atoms. The van der Waals surface area contributed by atoms with Crippen LogP contribution in [0.3, 0.4) is 0 Å². The number of aryl methyl sites for hydroxylation is 1. The fourth-order valence-electron chi connectivity index (χ4n) is 1.59. The molecule has 0 saturated heterocycles. The fraction of sp³-hybridized carbons (Fsp3) is 0.667. The van der Waals surface area contributed by atoms with Crippen LogP contribution in [0.4, 0.5) is 0 Å². The van der Waals surface area contributed by atoms with Crippen molar-refractivity contribution in [3.8, 4) is 0 Å². The van der Waals surface area contributed by atoms with Gasteiger partial charge in [-0.1, -0.05) is 33.1 Å². The molecule has 1 rings (SSSR count). The van der Waals surface area contributed by atoms with Crippen LogP contribution < -0.4 is 0 Å². The molecule has 1 aromatic heterocycles. The summed E-state index contributed by atoms with van der Waals surface area (Å²) in [5, 5.41) is 0. The van der Waals surface area contributed by atoms with E-state index in [0.29, 0.717) is 0 Å². The fourth-order valence-corrected chi connectivity index (χ4v) is 4.50. The first-order chi connectivity index (χ1) is 7.09. The molecule has 3 heteroatoms. The van der Waals surface area contributed by atoms with E-state index < -0.39 is 0 Å². The molecule has 0 saturated carbocycles. The topological polar surface area (TPSA) is 0 Å². The van der Waals surface area contributed by atoms with Crippen LogP contribution in [0.25, 0.3) is 0 Å². The van der Waals surface area contributed by atoms with E-state index in [1.54, 1.807) is 11.3 Å². The van der Waals surface area contributed by atoms with Gasteiger partial charge in [-0.25, -0.2) is 0 Å². The Labute approximate surface area is 114 Å². The van der Waals surface area contributed by atoms with Gasteiger partial charge in [0.25, 0.3) is 0 Å². The lowest BCUT2D eigenvalue weighted by Crippen LogP contribution is -1.88. The zero-order valence-electron chi connectivity index (χ0n) is 9.35. The van der Waals surface area contributed by atoms with Gasteiger partial charge in [0.15, 0.2) is 0 Å². The van der Waals surface area contributed by atoms with Crippen molar-refractivity contribution in [1.29, 1.82) is 0 Å². The molecule has 86 valence electrons. The largest absolute Gasteiger partial charge is 0.121 e. The van der Waals surface area contributed by atoms with Crippen molar-refractivity contribution in [2.24, 2.45) is 5.92 Å². The predicted molar refractivity (Wildman–Crippen MR) is 76.7 cm³/mol. The lowest BCUT2D eigenvalue weighted by atomic mass is 10.0. The lowest BCUT2D eigenvalue weighted by Gasteiger charge is -2.03. The summed E-state index contributed by atoms with van der Waals surface area (Å²) in [4.78, 5) is 0. The Kier molecular flexibility index (Phi) is 6.48. The summed E-state index contributed by atoms with van der Waals surface area (Å²) in [6.07, 6.45) is 6.63. The average molecular weight is 354 g/mol.